The van der Waals surface area contributed by atoms with Gasteiger partial charge in [0.2, 0.25) is 0 Å². The molecule has 7 nitrogen and oxygen atoms in total. The molecule has 0 unspecified atom stereocenters. The van der Waals surface area contributed by atoms with E-state index in [4.69, 9.17) is 0 Å². The third-order valence-electron chi connectivity index (χ3n) is 2.15. The number of carbonyl (C=O) groups is 1. The minimum absolute atomic E-state index is 0.0462. The van der Waals surface area contributed by atoms with Crippen molar-refractivity contribution < 1.29 is 17.9 Å². The summed E-state index contributed by atoms with van der Waals surface area (Å²) in [7, 11) is -2.54. The fourth-order valence-corrected chi connectivity index (χ4v) is 2.73. The van der Waals surface area contributed by atoms with Gasteiger partial charge in [-0.15, -0.1) is 0 Å². The van der Waals surface area contributed by atoms with E-state index in [2.05, 4.69) is 14.9 Å². The predicted molar refractivity (Wildman–Crippen MR) is 59.6 cm³/mol. The van der Waals surface area contributed by atoms with Gasteiger partial charge in [0.05, 0.1) is 13.3 Å². The molecule has 0 fully saturated rings. The number of sulfonamides is 1. The summed E-state index contributed by atoms with van der Waals surface area (Å²) in [4.78, 5) is 11.2. The van der Waals surface area contributed by atoms with E-state index in [0.717, 1.165) is 4.31 Å². The van der Waals surface area contributed by atoms with Crippen molar-refractivity contribution in [3.8, 4) is 0 Å². The second kappa shape index (κ2) is 5.28. The monoisotopic (exact) mass is 261 g/mol. The van der Waals surface area contributed by atoms with Crippen LogP contribution in [0.1, 0.15) is 13.8 Å². The molecule has 0 spiro atoms. The molecule has 0 aliphatic rings. The summed E-state index contributed by atoms with van der Waals surface area (Å²) in [6.07, 6.45) is 1.34. The smallest absolute Gasteiger partial charge is 0.321 e. The molecule has 0 aromatic carbocycles. The highest BCUT2D eigenvalue weighted by molar-refractivity contribution is 7.89. The van der Waals surface area contributed by atoms with Crippen LogP contribution in [0, 0.1) is 0 Å². The van der Waals surface area contributed by atoms with Crippen molar-refractivity contribution >= 4 is 16.0 Å². The van der Waals surface area contributed by atoms with Gasteiger partial charge in [0.1, 0.15) is 6.54 Å². The largest absolute Gasteiger partial charge is 0.468 e. The summed E-state index contributed by atoms with van der Waals surface area (Å²) in [6, 6.07) is 0.976. The molecular weight excluding hydrogens is 246 g/mol. The maximum atomic E-state index is 12.1. The standard InChI is InChI=1S/C9H15N3O4S/c1-7(2)12(6-9(13)16-3)17(14,15)8-4-5-10-11-8/h4-5,7H,6H2,1-3H3,(H,10,11). The predicted octanol–water partition coefficient (Wildman–Crippen LogP) is -0.0182. The van der Waals surface area contributed by atoms with Crippen molar-refractivity contribution in [3.05, 3.63) is 12.3 Å². The molecule has 8 heteroatoms. The summed E-state index contributed by atoms with van der Waals surface area (Å²) in [6.45, 7) is 3.03. The molecule has 1 rings (SSSR count). The molecule has 0 bridgehead atoms. The molecule has 1 aromatic rings. The SMILES string of the molecule is COC(=O)CN(C(C)C)S(=O)(=O)c1ccn[nH]1. The van der Waals surface area contributed by atoms with Gasteiger partial charge in [0.15, 0.2) is 5.03 Å². The Kier molecular flexibility index (Phi) is 4.24. The van der Waals surface area contributed by atoms with Gasteiger partial charge in [-0.1, -0.05) is 0 Å². The maximum Gasteiger partial charge on any atom is 0.321 e. The number of rotatable bonds is 5. The van der Waals surface area contributed by atoms with Gasteiger partial charge in [0, 0.05) is 6.04 Å². The third kappa shape index (κ3) is 3.04. The fraction of sp³-hybridized carbons (Fsp3) is 0.556. The summed E-state index contributed by atoms with van der Waals surface area (Å²) < 4.78 is 29.8. The molecule has 0 saturated heterocycles. The molecule has 1 aromatic heterocycles. The number of nitrogens with zero attached hydrogens (tertiary/aromatic N) is 2. The van der Waals surface area contributed by atoms with Crippen LogP contribution in [0.15, 0.2) is 17.3 Å². The van der Waals surface area contributed by atoms with Crippen molar-refractivity contribution in [2.75, 3.05) is 13.7 Å². The van der Waals surface area contributed by atoms with Crippen LogP contribution in [0.4, 0.5) is 0 Å². The van der Waals surface area contributed by atoms with Crippen LogP contribution in [0.25, 0.3) is 0 Å². The summed E-state index contributed by atoms with van der Waals surface area (Å²) in [5.74, 6) is -0.609. The lowest BCUT2D eigenvalue weighted by Gasteiger charge is -2.23. The number of esters is 1. The Morgan fingerprint density at radius 2 is 2.24 bits per heavy atom. The number of aromatic amines is 1. The number of hydrogen-bond acceptors (Lipinski definition) is 5. The van der Waals surface area contributed by atoms with Gasteiger partial charge in [-0.2, -0.15) is 9.40 Å². The number of hydrogen-bond donors (Lipinski definition) is 1. The topological polar surface area (TPSA) is 92.4 Å². The first-order valence-corrected chi connectivity index (χ1v) is 6.41. The number of nitrogens with one attached hydrogen (secondary N) is 1. The van der Waals surface area contributed by atoms with E-state index < -0.39 is 16.0 Å². The molecule has 17 heavy (non-hydrogen) atoms. The van der Waals surface area contributed by atoms with Gasteiger partial charge in [-0.25, -0.2) is 8.42 Å². The van der Waals surface area contributed by atoms with Crippen LogP contribution in [0.2, 0.25) is 0 Å². The number of methoxy groups -OCH3 is 1. The van der Waals surface area contributed by atoms with Crippen molar-refractivity contribution in [1.82, 2.24) is 14.5 Å². The van der Waals surface area contributed by atoms with Crippen LogP contribution in [-0.2, 0) is 19.6 Å². The van der Waals surface area contributed by atoms with Gasteiger partial charge in [-0.05, 0) is 19.9 Å². The molecular formula is C9H15N3O4S. The summed E-state index contributed by atoms with van der Waals surface area (Å²) in [5.41, 5.74) is 0. The maximum absolute atomic E-state index is 12.1. The first-order valence-electron chi connectivity index (χ1n) is 4.97. The molecule has 96 valence electrons. The van der Waals surface area contributed by atoms with Crippen molar-refractivity contribution in [3.63, 3.8) is 0 Å². The van der Waals surface area contributed by atoms with E-state index in [1.54, 1.807) is 13.8 Å². The zero-order valence-electron chi connectivity index (χ0n) is 9.87. The molecule has 0 atom stereocenters. The van der Waals surface area contributed by atoms with E-state index >= 15 is 0 Å². The number of ether oxygens (including phenoxy) is 1. The molecule has 0 radical (unpaired) electrons. The van der Waals surface area contributed by atoms with E-state index in [-0.39, 0.29) is 17.6 Å². The molecule has 1 N–H and O–H groups in total. The third-order valence-corrected chi connectivity index (χ3v) is 4.10. The lowest BCUT2D eigenvalue weighted by Crippen LogP contribution is -2.41. The van der Waals surface area contributed by atoms with Crippen LogP contribution < -0.4 is 0 Å². The normalized spacial score (nSPS) is 12.1. The Morgan fingerprint density at radius 1 is 1.59 bits per heavy atom. The van der Waals surface area contributed by atoms with E-state index in [0.29, 0.717) is 0 Å². The Labute approximate surface area is 99.8 Å². The Bertz CT molecular complexity index is 466. The highest BCUT2D eigenvalue weighted by atomic mass is 32.2. The fourth-order valence-electron chi connectivity index (χ4n) is 1.25. The average Bonchev–Trinajstić information content (AvgIpc) is 2.78. The molecule has 0 aliphatic carbocycles. The van der Waals surface area contributed by atoms with Crippen LogP contribution in [-0.4, -0.2) is 48.6 Å². The minimum Gasteiger partial charge on any atom is -0.468 e. The van der Waals surface area contributed by atoms with Gasteiger partial charge >= 0.3 is 5.97 Å². The number of carbonyl (C=O) groups excluding carboxylic acids is 1. The van der Waals surface area contributed by atoms with Gasteiger partial charge in [0.25, 0.3) is 10.0 Å². The van der Waals surface area contributed by atoms with Gasteiger partial charge in [-0.3, -0.25) is 9.89 Å². The molecule has 0 amide bonds. The molecule has 1 heterocycles. The van der Waals surface area contributed by atoms with Crippen molar-refractivity contribution in [1.29, 1.82) is 0 Å². The Balaban J connectivity index is 3.03. The van der Waals surface area contributed by atoms with Crippen LogP contribution in [0.5, 0.6) is 0 Å². The quantitative estimate of drug-likeness (QED) is 0.752. The second-order valence-corrected chi connectivity index (χ2v) is 5.50. The highest BCUT2D eigenvalue weighted by Gasteiger charge is 2.30. The van der Waals surface area contributed by atoms with E-state index in [9.17, 15) is 13.2 Å². The zero-order valence-corrected chi connectivity index (χ0v) is 10.7. The van der Waals surface area contributed by atoms with Gasteiger partial charge < -0.3 is 4.74 Å². The lowest BCUT2D eigenvalue weighted by molar-refractivity contribution is -0.141. The molecule has 0 aliphatic heterocycles. The average molecular weight is 261 g/mol. The minimum atomic E-state index is -3.75. The van der Waals surface area contributed by atoms with Crippen LogP contribution in [0.3, 0.4) is 0 Å². The first-order chi connectivity index (χ1) is 7.89. The summed E-state index contributed by atoms with van der Waals surface area (Å²) in [5, 5.41) is 5.91. The number of aromatic nitrogens is 2. The van der Waals surface area contributed by atoms with E-state index in [1.807, 2.05) is 0 Å². The molecule has 0 saturated carbocycles. The summed E-state index contributed by atoms with van der Waals surface area (Å²) >= 11 is 0. The number of H-pyrrole nitrogens is 1. The lowest BCUT2D eigenvalue weighted by atomic mass is 10.4. The second-order valence-electron chi connectivity index (χ2n) is 3.64. The highest BCUT2D eigenvalue weighted by Crippen LogP contribution is 2.15. The Hall–Kier alpha value is -1.41. The zero-order chi connectivity index (χ0) is 13.1. The Morgan fingerprint density at radius 3 is 2.65 bits per heavy atom. The van der Waals surface area contributed by atoms with Crippen molar-refractivity contribution in [2.24, 2.45) is 0 Å². The first kappa shape index (κ1) is 13.7. The van der Waals surface area contributed by atoms with Crippen molar-refractivity contribution in [2.45, 2.75) is 24.9 Å². The van der Waals surface area contributed by atoms with Crippen LogP contribution >= 0.6 is 0 Å². The van der Waals surface area contributed by atoms with E-state index in [1.165, 1.54) is 19.4 Å².